The Labute approximate surface area is 150 Å². The number of hydrogen-bond donors (Lipinski definition) is 1. The van der Waals surface area contributed by atoms with Crippen molar-refractivity contribution in [3.05, 3.63) is 35.1 Å². The van der Waals surface area contributed by atoms with Gasteiger partial charge in [-0.3, -0.25) is 9.69 Å². The zero-order valence-electron chi connectivity index (χ0n) is 13.9. The summed E-state index contributed by atoms with van der Waals surface area (Å²) in [4.78, 5) is 22.8. The molecular formula is C16H20ClN5O3. The van der Waals surface area contributed by atoms with Crippen molar-refractivity contribution < 1.29 is 14.1 Å². The van der Waals surface area contributed by atoms with Gasteiger partial charge >= 0.3 is 0 Å². The number of amides is 1. The van der Waals surface area contributed by atoms with E-state index in [2.05, 4.69) is 20.4 Å². The van der Waals surface area contributed by atoms with E-state index in [1.54, 1.807) is 19.2 Å². The lowest BCUT2D eigenvalue weighted by Crippen LogP contribution is -2.33. The van der Waals surface area contributed by atoms with E-state index in [0.29, 0.717) is 35.6 Å². The van der Waals surface area contributed by atoms with Crippen LogP contribution in [0.15, 0.2) is 22.9 Å². The number of hydrogen-bond acceptors (Lipinski definition) is 7. The summed E-state index contributed by atoms with van der Waals surface area (Å²) in [5.74, 6) is 1.52. The summed E-state index contributed by atoms with van der Waals surface area (Å²) in [5.41, 5.74) is 0. The van der Waals surface area contributed by atoms with Gasteiger partial charge in [-0.15, -0.1) is 0 Å². The Morgan fingerprint density at radius 3 is 3.16 bits per heavy atom. The molecule has 1 saturated heterocycles. The number of nitrogens with zero attached hydrogens (tertiary/aromatic N) is 4. The lowest BCUT2D eigenvalue weighted by molar-refractivity contribution is -0.117. The Morgan fingerprint density at radius 1 is 1.52 bits per heavy atom. The molecule has 9 heteroatoms. The Morgan fingerprint density at radius 2 is 2.40 bits per heavy atom. The molecule has 3 heterocycles. The molecule has 0 saturated carbocycles. The highest BCUT2D eigenvalue weighted by Crippen LogP contribution is 2.30. The molecule has 0 aromatic carbocycles. The Bertz CT molecular complexity index is 706. The summed E-state index contributed by atoms with van der Waals surface area (Å²) in [7, 11) is 1.63. The van der Waals surface area contributed by atoms with Crippen molar-refractivity contribution in [1.29, 1.82) is 0 Å². The molecule has 0 radical (unpaired) electrons. The third-order valence-electron chi connectivity index (χ3n) is 4.00. The van der Waals surface area contributed by atoms with Gasteiger partial charge in [0, 0.05) is 19.7 Å². The minimum Gasteiger partial charge on any atom is -0.384 e. The SMILES string of the molecule is COCCc1noc(C2CCCN2CC(=O)Nc2ccc(Cl)cn2)n1. The van der Waals surface area contributed by atoms with Gasteiger partial charge in [-0.2, -0.15) is 4.98 Å². The van der Waals surface area contributed by atoms with Crippen molar-refractivity contribution in [2.45, 2.75) is 25.3 Å². The van der Waals surface area contributed by atoms with Crippen molar-refractivity contribution in [3.63, 3.8) is 0 Å². The molecule has 1 unspecified atom stereocenters. The third kappa shape index (κ3) is 4.75. The molecule has 1 N–H and O–H groups in total. The molecule has 0 bridgehead atoms. The second-order valence-electron chi connectivity index (χ2n) is 5.83. The van der Waals surface area contributed by atoms with E-state index in [4.69, 9.17) is 20.9 Å². The average Bonchev–Trinajstić information content (AvgIpc) is 3.24. The molecule has 134 valence electrons. The fraction of sp³-hybridized carbons (Fsp3) is 0.500. The van der Waals surface area contributed by atoms with Gasteiger partial charge in [0.05, 0.1) is 24.2 Å². The number of pyridine rings is 1. The summed E-state index contributed by atoms with van der Waals surface area (Å²) in [6, 6.07) is 3.32. The van der Waals surface area contributed by atoms with E-state index in [-0.39, 0.29) is 18.5 Å². The van der Waals surface area contributed by atoms with Crippen LogP contribution in [0.25, 0.3) is 0 Å². The Kier molecular flexibility index (Phi) is 5.95. The maximum atomic E-state index is 12.3. The maximum Gasteiger partial charge on any atom is 0.244 e. The standard InChI is InChI=1S/C16H20ClN5O3/c1-24-8-6-14-20-16(25-21-14)12-3-2-7-22(12)10-15(23)19-13-5-4-11(17)9-18-13/h4-5,9,12H,2-3,6-8,10H2,1H3,(H,18,19,23). The van der Waals surface area contributed by atoms with Crippen molar-refractivity contribution >= 4 is 23.3 Å². The average molecular weight is 366 g/mol. The van der Waals surface area contributed by atoms with Crippen LogP contribution in [0.4, 0.5) is 5.82 Å². The number of ether oxygens (including phenoxy) is 1. The fourth-order valence-electron chi connectivity index (χ4n) is 2.81. The normalized spacial score (nSPS) is 17.8. The van der Waals surface area contributed by atoms with Crippen LogP contribution in [0.2, 0.25) is 5.02 Å². The number of anilines is 1. The molecule has 1 amide bonds. The molecule has 1 aliphatic rings. The van der Waals surface area contributed by atoms with Gasteiger partial charge in [-0.05, 0) is 31.5 Å². The third-order valence-corrected chi connectivity index (χ3v) is 4.23. The van der Waals surface area contributed by atoms with Crippen molar-refractivity contribution in [1.82, 2.24) is 20.0 Å². The first kappa shape index (κ1) is 17.8. The first-order valence-electron chi connectivity index (χ1n) is 8.12. The first-order chi connectivity index (χ1) is 12.2. The van der Waals surface area contributed by atoms with Gasteiger partial charge in [0.15, 0.2) is 5.82 Å². The van der Waals surface area contributed by atoms with Gasteiger partial charge < -0.3 is 14.6 Å². The Hall–Kier alpha value is -2.03. The van der Waals surface area contributed by atoms with E-state index in [1.807, 2.05) is 4.90 Å². The van der Waals surface area contributed by atoms with E-state index >= 15 is 0 Å². The molecule has 25 heavy (non-hydrogen) atoms. The van der Waals surface area contributed by atoms with Gasteiger partial charge in [-0.25, -0.2) is 4.98 Å². The van der Waals surface area contributed by atoms with Crippen LogP contribution in [0.5, 0.6) is 0 Å². The lowest BCUT2D eigenvalue weighted by atomic mass is 10.2. The van der Waals surface area contributed by atoms with Crippen molar-refractivity contribution in [2.24, 2.45) is 0 Å². The number of aromatic nitrogens is 3. The topological polar surface area (TPSA) is 93.4 Å². The van der Waals surface area contributed by atoms with Gasteiger partial charge in [0.25, 0.3) is 0 Å². The summed E-state index contributed by atoms with van der Waals surface area (Å²) < 4.78 is 10.4. The lowest BCUT2D eigenvalue weighted by Gasteiger charge is -2.20. The Balaban J connectivity index is 1.58. The van der Waals surface area contributed by atoms with E-state index in [9.17, 15) is 4.79 Å². The second-order valence-corrected chi connectivity index (χ2v) is 6.27. The summed E-state index contributed by atoms with van der Waals surface area (Å²) in [6.45, 7) is 1.59. The second kappa shape index (κ2) is 8.37. The van der Waals surface area contributed by atoms with Crippen molar-refractivity contribution in [2.75, 3.05) is 32.1 Å². The van der Waals surface area contributed by atoms with Gasteiger partial charge in [-0.1, -0.05) is 16.8 Å². The highest BCUT2D eigenvalue weighted by Gasteiger charge is 2.31. The van der Waals surface area contributed by atoms with Crippen molar-refractivity contribution in [3.8, 4) is 0 Å². The number of nitrogens with one attached hydrogen (secondary N) is 1. The predicted molar refractivity (Wildman–Crippen MR) is 91.3 cm³/mol. The largest absolute Gasteiger partial charge is 0.384 e. The first-order valence-corrected chi connectivity index (χ1v) is 8.50. The molecule has 2 aromatic rings. The monoisotopic (exact) mass is 365 g/mol. The van der Waals surface area contributed by atoms with E-state index < -0.39 is 0 Å². The molecular weight excluding hydrogens is 346 g/mol. The van der Waals surface area contributed by atoms with E-state index in [1.165, 1.54) is 6.20 Å². The molecule has 1 atom stereocenters. The van der Waals surface area contributed by atoms with Crippen LogP contribution in [0, 0.1) is 0 Å². The molecule has 1 aliphatic heterocycles. The molecule has 1 fully saturated rings. The smallest absolute Gasteiger partial charge is 0.244 e. The van der Waals surface area contributed by atoms with Crippen LogP contribution in [0.3, 0.4) is 0 Å². The summed E-state index contributed by atoms with van der Waals surface area (Å²) in [6.07, 6.45) is 3.97. The fourth-order valence-corrected chi connectivity index (χ4v) is 2.92. The quantitative estimate of drug-likeness (QED) is 0.802. The summed E-state index contributed by atoms with van der Waals surface area (Å²) >= 11 is 5.79. The molecule has 3 rings (SSSR count). The number of methoxy groups -OCH3 is 1. The van der Waals surface area contributed by atoms with Gasteiger partial charge in [0.2, 0.25) is 11.8 Å². The number of carbonyl (C=O) groups is 1. The zero-order valence-corrected chi connectivity index (χ0v) is 14.7. The minimum atomic E-state index is -0.138. The minimum absolute atomic E-state index is 0.0345. The van der Waals surface area contributed by atoms with Crippen LogP contribution >= 0.6 is 11.6 Å². The van der Waals surface area contributed by atoms with Gasteiger partial charge in [0.1, 0.15) is 5.82 Å². The number of halogens is 1. The predicted octanol–water partition coefficient (Wildman–Crippen LogP) is 2.08. The number of likely N-dealkylation sites (tertiary alicyclic amines) is 1. The van der Waals surface area contributed by atoms with Crippen LogP contribution in [-0.4, -0.2) is 52.7 Å². The van der Waals surface area contributed by atoms with Crippen LogP contribution in [0.1, 0.15) is 30.6 Å². The summed E-state index contributed by atoms with van der Waals surface area (Å²) in [5, 5.41) is 7.27. The number of carbonyl (C=O) groups excluding carboxylic acids is 1. The molecule has 0 spiro atoms. The maximum absolute atomic E-state index is 12.3. The number of rotatable bonds is 7. The molecule has 8 nitrogen and oxygen atoms in total. The molecule has 0 aliphatic carbocycles. The highest BCUT2D eigenvalue weighted by molar-refractivity contribution is 6.30. The molecule has 2 aromatic heterocycles. The van der Waals surface area contributed by atoms with Crippen LogP contribution < -0.4 is 5.32 Å². The van der Waals surface area contributed by atoms with Crippen LogP contribution in [-0.2, 0) is 16.0 Å². The highest BCUT2D eigenvalue weighted by atomic mass is 35.5. The zero-order chi connectivity index (χ0) is 17.6. The van der Waals surface area contributed by atoms with E-state index in [0.717, 1.165) is 19.4 Å².